The molecular formula is C16H11Cl3FN3S2. The molecule has 0 atom stereocenters. The Morgan fingerprint density at radius 1 is 1.08 bits per heavy atom. The predicted octanol–water partition coefficient (Wildman–Crippen LogP) is 6.46. The molecule has 0 aliphatic carbocycles. The summed E-state index contributed by atoms with van der Waals surface area (Å²) in [6, 6.07) is 9.57. The quantitative estimate of drug-likeness (QED) is 0.468. The number of rotatable bonds is 5. The fraction of sp³-hybridized carbons (Fsp3) is 0.125. The molecule has 1 heterocycles. The molecule has 0 saturated carbocycles. The Hall–Kier alpha value is -1.05. The van der Waals surface area contributed by atoms with Crippen LogP contribution in [0, 0.1) is 10.6 Å². The molecule has 0 saturated heterocycles. The molecule has 0 spiro atoms. The van der Waals surface area contributed by atoms with Gasteiger partial charge < -0.3 is 0 Å². The van der Waals surface area contributed by atoms with E-state index in [1.54, 1.807) is 40.6 Å². The fourth-order valence-corrected chi connectivity index (χ4v) is 4.29. The van der Waals surface area contributed by atoms with Crippen LogP contribution in [0.25, 0.3) is 5.69 Å². The number of benzene rings is 2. The molecule has 130 valence electrons. The second-order valence-electron chi connectivity index (χ2n) is 5.14. The van der Waals surface area contributed by atoms with E-state index in [0.29, 0.717) is 31.3 Å². The second kappa shape index (κ2) is 8.10. The van der Waals surface area contributed by atoms with Crippen LogP contribution in [0.5, 0.6) is 0 Å². The summed E-state index contributed by atoms with van der Waals surface area (Å²) in [4.78, 5) is 0. The second-order valence-corrected chi connectivity index (χ2v) is 7.79. The maximum Gasteiger partial charge on any atom is 0.199 e. The van der Waals surface area contributed by atoms with Gasteiger partial charge in [-0.2, -0.15) is 5.10 Å². The van der Waals surface area contributed by atoms with Crippen LogP contribution in [0.2, 0.25) is 15.1 Å². The summed E-state index contributed by atoms with van der Waals surface area (Å²) in [5, 5.41) is 8.49. The number of H-pyrrole nitrogens is 1. The van der Waals surface area contributed by atoms with Gasteiger partial charge in [0.2, 0.25) is 0 Å². The van der Waals surface area contributed by atoms with E-state index < -0.39 is 0 Å². The lowest BCUT2D eigenvalue weighted by Crippen LogP contribution is -2.01. The monoisotopic (exact) mass is 433 g/mol. The van der Waals surface area contributed by atoms with Gasteiger partial charge in [0.25, 0.3) is 0 Å². The van der Waals surface area contributed by atoms with Gasteiger partial charge in [-0.3, -0.25) is 9.67 Å². The maximum atomic E-state index is 13.1. The van der Waals surface area contributed by atoms with Crippen LogP contribution in [0.15, 0.2) is 36.4 Å². The summed E-state index contributed by atoms with van der Waals surface area (Å²) in [6.45, 7) is 0. The molecule has 3 aromatic rings. The van der Waals surface area contributed by atoms with Gasteiger partial charge in [0.05, 0.1) is 11.4 Å². The van der Waals surface area contributed by atoms with Crippen molar-refractivity contribution in [2.75, 3.05) is 0 Å². The largest absolute Gasteiger partial charge is 0.271 e. The molecule has 1 aromatic heterocycles. The molecule has 9 heteroatoms. The first-order valence-electron chi connectivity index (χ1n) is 7.08. The van der Waals surface area contributed by atoms with Crippen LogP contribution in [-0.2, 0) is 11.5 Å². The number of aromatic nitrogens is 3. The summed E-state index contributed by atoms with van der Waals surface area (Å²) in [5.74, 6) is 1.57. The normalized spacial score (nSPS) is 11.0. The number of hydrogen-bond donors (Lipinski definition) is 1. The average molecular weight is 435 g/mol. The van der Waals surface area contributed by atoms with E-state index in [1.807, 2.05) is 0 Å². The minimum Gasteiger partial charge on any atom is -0.271 e. The van der Waals surface area contributed by atoms with E-state index in [9.17, 15) is 4.39 Å². The van der Waals surface area contributed by atoms with Crippen molar-refractivity contribution in [3.05, 3.63) is 73.4 Å². The Kier molecular flexibility index (Phi) is 6.07. The van der Waals surface area contributed by atoms with E-state index in [1.165, 1.54) is 12.1 Å². The third-order valence-electron chi connectivity index (χ3n) is 3.35. The Morgan fingerprint density at radius 3 is 2.48 bits per heavy atom. The van der Waals surface area contributed by atoms with Gasteiger partial charge in [-0.15, -0.1) is 11.8 Å². The molecule has 3 rings (SSSR count). The fourth-order valence-electron chi connectivity index (χ4n) is 2.25. The first kappa shape index (κ1) is 18.7. The van der Waals surface area contributed by atoms with E-state index in [-0.39, 0.29) is 5.82 Å². The molecule has 1 N–H and O–H groups in total. The van der Waals surface area contributed by atoms with Gasteiger partial charge in [-0.1, -0.05) is 40.9 Å². The summed E-state index contributed by atoms with van der Waals surface area (Å²) in [5.41, 5.74) is 1.60. The van der Waals surface area contributed by atoms with Crippen molar-refractivity contribution in [1.82, 2.24) is 14.8 Å². The van der Waals surface area contributed by atoms with E-state index in [0.717, 1.165) is 17.1 Å². The van der Waals surface area contributed by atoms with E-state index in [4.69, 9.17) is 47.0 Å². The average Bonchev–Trinajstić information content (AvgIpc) is 2.89. The Morgan fingerprint density at radius 2 is 1.80 bits per heavy atom. The van der Waals surface area contributed by atoms with Crippen LogP contribution in [-0.4, -0.2) is 14.8 Å². The van der Waals surface area contributed by atoms with Crippen LogP contribution in [0.1, 0.15) is 11.4 Å². The van der Waals surface area contributed by atoms with Crippen molar-refractivity contribution in [3.63, 3.8) is 0 Å². The molecule has 0 radical (unpaired) electrons. The number of nitrogens with one attached hydrogen (secondary N) is 1. The Labute approximate surface area is 168 Å². The standard InChI is InChI=1S/C16H11Cl3FN3S2/c17-10-3-11(18)5-13(4-10)23-15(21-22-16(23)24)8-25-7-9-1-2-12(20)6-14(9)19/h1-6H,7-8H2,(H,22,24). The van der Waals surface area contributed by atoms with Crippen molar-refractivity contribution >= 4 is 58.8 Å². The van der Waals surface area contributed by atoms with Gasteiger partial charge >= 0.3 is 0 Å². The number of halogens is 4. The van der Waals surface area contributed by atoms with Crippen LogP contribution in [0.3, 0.4) is 0 Å². The molecule has 0 unspecified atom stereocenters. The zero-order chi connectivity index (χ0) is 18.0. The third-order valence-corrected chi connectivity index (χ3v) is 5.39. The summed E-state index contributed by atoms with van der Waals surface area (Å²) in [6.07, 6.45) is 0. The van der Waals surface area contributed by atoms with Gasteiger partial charge in [-0.25, -0.2) is 4.39 Å². The zero-order valence-electron chi connectivity index (χ0n) is 12.6. The summed E-state index contributed by atoms with van der Waals surface area (Å²) < 4.78 is 15.3. The predicted molar refractivity (Wildman–Crippen MR) is 105 cm³/mol. The minimum atomic E-state index is -0.350. The third kappa shape index (κ3) is 4.57. The van der Waals surface area contributed by atoms with Gasteiger partial charge in [0.1, 0.15) is 11.6 Å². The van der Waals surface area contributed by atoms with Crippen molar-refractivity contribution < 1.29 is 4.39 Å². The SMILES string of the molecule is Fc1ccc(CSCc2n[nH]c(=S)n2-c2cc(Cl)cc(Cl)c2)c(Cl)c1. The molecule has 0 aliphatic rings. The number of aromatic amines is 1. The lowest BCUT2D eigenvalue weighted by atomic mass is 10.2. The Balaban J connectivity index is 1.79. The van der Waals surface area contributed by atoms with Crippen molar-refractivity contribution in [2.24, 2.45) is 0 Å². The van der Waals surface area contributed by atoms with Crippen molar-refractivity contribution in [1.29, 1.82) is 0 Å². The van der Waals surface area contributed by atoms with Gasteiger partial charge in [0.15, 0.2) is 4.77 Å². The molecular weight excluding hydrogens is 424 g/mol. The van der Waals surface area contributed by atoms with Crippen molar-refractivity contribution in [2.45, 2.75) is 11.5 Å². The number of hydrogen-bond acceptors (Lipinski definition) is 3. The van der Waals surface area contributed by atoms with E-state index in [2.05, 4.69) is 10.2 Å². The summed E-state index contributed by atoms with van der Waals surface area (Å²) in [7, 11) is 0. The van der Waals surface area contributed by atoms with E-state index >= 15 is 0 Å². The number of nitrogens with zero attached hydrogens (tertiary/aromatic N) is 2. The van der Waals surface area contributed by atoms with Gasteiger partial charge in [0, 0.05) is 20.8 Å². The molecule has 0 amide bonds. The molecule has 2 aromatic carbocycles. The zero-order valence-corrected chi connectivity index (χ0v) is 16.5. The van der Waals surface area contributed by atoms with Gasteiger partial charge in [-0.05, 0) is 48.1 Å². The molecule has 0 aliphatic heterocycles. The molecule has 0 bridgehead atoms. The minimum absolute atomic E-state index is 0.350. The first-order valence-corrected chi connectivity index (χ1v) is 9.78. The molecule has 3 nitrogen and oxygen atoms in total. The molecule has 0 fully saturated rings. The van der Waals surface area contributed by atoms with Crippen LogP contribution >= 0.6 is 58.8 Å². The highest BCUT2D eigenvalue weighted by molar-refractivity contribution is 7.97. The lowest BCUT2D eigenvalue weighted by Gasteiger charge is -2.08. The van der Waals surface area contributed by atoms with Crippen LogP contribution in [0.4, 0.5) is 4.39 Å². The highest BCUT2D eigenvalue weighted by atomic mass is 35.5. The van der Waals surface area contributed by atoms with Crippen LogP contribution < -0.4 is 0 Å². The Bertz CT molecular complexity index is 951. The topological polar surface area (TPSA) is 33.6 Å². The first-order chi connectivity index (χ1) is 11.9. The molecule has 25 heavy (non-hydrogen) atoms. The summed E-state index contributed by atoms with van der Waals surface area (Å²) >= 11 is 25.1. The highest BCUT2D eigenvalue weighted by Gasteiger charge is 2.11. The van der Waals surface area contributed by atoms with Crippen molar-refractivity contribution in [3.8, 4) is 5.69 Å². The lowest BCUT2D eigenvalue weighted by molar-refractivity contribution is 0.627. The highest BCUT2D eigenvalue weighted by Crippen LogP contribution is 2.26. The maximum absolute atomic E-state index is 13.1. The number of thioether (sulfide) groups is 1. The smallest absolute Gasteiger partial charge is 0.199 e.